The molecule has 1 fully saturated rings. The molecular weight excluding hydrogens is 296 g/mol. The van der Waals surface area contributed by atoms with Crippen molar-refractivity contribution < 1.29 is 10.0 Å². The second-order valence-corrected chi connectivity index (χ2v) is 6.28. The molecular formula is C18H22ClN2O+. The lowest BCUT2D eigenvalue weighted by molar-refractivity contribution is -0.904. The van der Waals surface area contributed by atoms with Gasteiger partial charge >= 0.3 is 0 Å². The number of aliphatic hydroxyl groups is 1. The van der Waals surface area contributed by atoms with Gasteiger partial charge in [0.1, 0.15) is 12.6 Å². The Labute approximate surface area is 136 Å². The molecule has 1 heterocycles. The van der Waals surface area contributed by atoms with Gasteiger partial charge in [-0.1, -0.05) is 48.0 Å². The fraction of sp³-hybridized carbons (Fsp3) is 0.333. The number of nitrogens with zero attached hydrogens (tertiary/aromatic N) is 1. The van der Waals surface area contributed by atoms with Gasteiger partial charge in [0.15, 0.2) is 0 Å². The highest BCUT2D eigenvalue weighted by atomic mass is 35.5. The number of benzene rings is 2. The van der Waals surface area contributed by atoms with Gasteiger partial charge in [-0.05, 0) is 23.8 Å². The molecule has 22 heavy (non-hydrogen) atoms. The van der Waals surface area contributed by atoms with Gasteiger partial charge in [0.25, 0.3) is 0 Å². The monoisotopic (exact) mass is 317 g/mol. The van der Waals surface area contributed by atoms with Crippen molar-refractivity contribution in [2.75, 3.05) is 37.6 Å². The molecule has 1 aliphatic heterocycles. The van der Waals surface area contributed by atoms with E-state index in [-0.39, 0.29) is 6.10 Å². The summed E-state index contributed by atoms with van der Waals surface area (Å²) in [7, 11) is 0. The summed E-state index contributed by atoms with van der Waals surface area (Å²) >= 11 is 6.06. The van der Waals surface area contributed by atoms with Gasteiger partial charge in [-0.3, -0.25) is 0 Å². The second-order valence-electron chi connectivity index (χ2n) is 5.85. The first-order valence-electron chi connectivity index (χ1n) is 7.79. The van der Waals surface area contributed by atoms with Crippen LogP contribution >= 0.6 is 11.6 Å². The highest BCUT2D eigenvalue weighted by Gasteiger charge is 2.23. The molecule has 2 N–H and O–H groups in total. The topological polar surface area (TPSA) is 27.9 Å². The Morgan fingerprint density at radius 3 is 2.45 bits per heavy atom. The van der Waals surface area contributed by atoms with E-state index in [9.17, 15) is 5.11 Å². The van der Waals surface area contributed by atoms with Crippen LogP contribution in [-0.2, 0) is 0 Å². The van der Waals surface area contributed by atoms with Gasteiger partial charge in [-0.2, -0.15) is 0 Å². The predicted molar refractivity (Wildman–Crippen MR) is 90.6 cm³/mol. The van der Waals surface area contributed by atoms with Crippen molar-refractivity contribution in [3.63, 3.8) is 0 Å². The Bertz CT molecular complexity index is 597. The van der Waals surface area contributed by atoms with Crippen molar-refractivity contribution in [3.8, 4) is 0 Å². The first-order chi connectivity index (χ1) is 10.7. The summed E-state index contributed by atoms with van der Waals surface area (Å²) in [4.78, 5) is 3.82. The maximum Gasteiger partial charge on any atom is 0.128 e. The van der Waals surface area contributed by atoms with Crippen molar-refractivity contribution in [2.45, 2.75) is 6.10 Å². The molecule has 2 aromatic carbocycles. The lowest BCUT2D eigenvalue weighted by atomic mass is 10.1. The maximum absolute atomic E-state index is 10.3. The standard InChI is InChI=1S/C18H21ClN2O/c19-16-7-4-8-17(13-16)21-11-9-20(10-12-21)14-18(22)15-5-2-1-3-6-15/h1-8,13,18,22H,9-12,14H2/p+1/t18-/m0/s1. The van der Waals surface area contributed by atoms with E-state index in [1.807, 2.05) is 48.5 Å². The number of aliphatic hydroxyl groups excluding tert-OH is 1. The van der Waals surface area contributed by atoms with Crippen LogP contribution in [0.15, 0.2) is 54.6 Å². The number of hydrogen-bond donors (Lipinski definition) is 2. The van der Waals surface area contributed by atoms with Crippen LogP contribution in [0, 0.1) is 0 Å². The van der Waals surface area contributed by atoms with Gasteiger partial charge < -0.3 is 14.9 Å². The average Bonchev–Trinajstić information content (AvgIpc) is 2.56. The minimum atomic E-state index is -0.381. The fourth-order valence-electron chi connectivity index (χ4n) is 3.02. The molecule has 0 bridgehead atoms. The molecule has 4 heteroatoms. The van der Waals surface area contributed by atoms with Crippen LogP contribution in [0.5, 0.6) is 0 Å². The van der Waals surface area contributed by atoms with Crippen LogP contribution in [0.3, 0.4) is 0 Å². The molecule has 0 aromatic heterocycles. The molecule has 0 amide bonds. The zero-order valence-corrected chi connectivity index (χ0v) is 13.3. The number of halogens is 1. The molecule has 0 radical (unpaired) electrons. The van der Waals surface area contributed by atoms with Gasteiger partial charge in [0, 0.05) is 10.7 Å². The summed E-state index contributed by atoms with van der Waals surface area (Å²) in [5, 5.41) is 11.1. The minimum Gasteiger partial charge on any atom is -0.382 e. The zero-order valence-electron chi connectivity index (χ0n) is 12.6. The van der Waals surface area contributed by atoms with Gasteiger partial charge in [-0.25, -0.2) is 0 Å². The summed E-state index contributed by atoms with van der Waals surface area (Å²) < 4.78 is 0. The molecule has 1 saturated heterocycles. The Morgan fingerprint density at radius 1 is 1.05 bits per heavy atom. The van der Waals surface area contributed by atoms with Gasteiger partial charge in [0.2, 0.25) is 0 Å². The second kappa shape index (κ2) is 7.14. The molecule has 1 atom stereocenters. The molecule has 0 aliphatic carbocycles. The third-order valence-electron chi connectivity index (χ3n) is 4.31. The number of rotatable bonds is 4. The summed E-state index contributed by atoms with van der Waals surface area (Å²) in [6, 6.07) is 17.9. The molecule has 0 spiro atoms. The first-order valence-corrected chi connectivity index (χ1v) is 8.17. The maximum atomic E-state index is 10.3. The molecule has 116 valence electrons. The summed E-state index contributed by atoms with van der Waals surface area (Å²) in [6.07, 6.45) is -0.381. The summed E-state index contributed by atoms with van der Waals surface area (Å²) in [6.45, 7) is 4.84. The number of anilines is 1. The Balaban J connectivity index is 1.54. The Hall–Kier alpha value is -1.55. The van der Waals surface area contributed by atoms with E-state index in [4.69, 9.17) is 11.6 Å². The summed E-state index contributed by atoms with van der Waals surface area (Å²) in [5.41, 5.74) is 2.20. The molecule has 1 aliphatic rings. The van der Waals surface area contributed by atoms with E-state index in [0.29, 0.717) is 0 Å². The highest BCUT2D eigenvalue weighted by molar-refractivity contribution is 6.30. The summed E-state index contributed by atoms with van der Waals surface area (Å²) in [5.74, 6) is 0. The Kier molecular flexibility index (Phi) is 4.98. The van der Waals surface area contributed by atoms with Crippen LogP contribution < -0.4 is 9.80 Å². The SMILES string of the molecule is O[C@@H](C[NH+]1CCN(c2cccc(Cl)c2)CC1)c1ccccc1. The van der Waals surface area contributed by atoms with Crippen LogP contribution in [0.4, 0.5) is 5.69 Å². The van der Waals surface area contributed by atoms with E-state index in [1.54, 1.807) is 0 Å². The third kappa shape index (κ3) is 3.80. The van der Waals surface area contributed by atoms with Crippen molar-refractivity contribution >= 4 is 17.3 Å². The molecule has 3 nitrogen and oxygen atoms in total. The number of nitrogens with one attached hydrogen (secondary N) is 1. The van der Waals surface area contributed by atoms with Crippen molar-refractivity contribution in [1.29, 1.82) is 0 Å². The van der Waals surface area contributed by atoms with E-state index >= 15 is 0 Å². The lowest BCUT2D eigenvalue weighted by Crippen LogP contribution is -3.15. The first kappa shape index (κ1) is 15.3. The van der Waals surface area contributed by atoms with Crippen LogP contribution in [0.25, 0.3) is 0 Å². The van der Waals surface area contributed by atoms with Gasteiger partial charge in [-0.15, -0.1) is 0 Å². The van der Waals surface area contributed by atoms with Crippen LogP contribution in [0.1, 0.15) is 11.7 Å². The largest absolute Gasteiger partial charge is 0.382 e. The van der Waals surface area contributed by atoms with E-state index in [1.165, 1.54) is 10.6 Å². The number of quaternary nitrogens is 1. The number of piperazine rings is 1. The third-order valence-corrected chi connectivity index (χ3v) is 4.55. The van der Waals surface area contributed by atoms with Crippen LogP contribution in [-0.4, -0.2) is 37.8 Å². The Morgan fingerprint density at radius 2 is 1.77 bits per heavy atom. The minimum absolute atomic E-state index is 0.381. The molecule has 3 rings (SSSR count). The molecule has 0 unspecified atom stereocenters. The smallest absolute Gasteiger partial charge is 0.128 e. The van der Waals surface area contributed by atoms with E-state index < -0.39 is 0 Å². The molecule has 0 saturated carbocycles. The normalized spacial score (nSPS) is 17.5. The average molecular weight is 318 g/mol. The van der Waals surface area contributed by atoms with Gasteiger partial charge in [0.05, 0.1) is 26.2 Å². The lowest BCUT2D eigenvalue weighted by Gasteiger charge is -2.34. The quantitative estimate of drug-likeness (QED) is 0.899. The highest BCUT2D eigenvalue weighted by Crippen LogP contribution is 2.19. The van der Waals surface area contributed by atoms with E-state index in [0.717, 1.165) is 43.3 Å². The van der Waals surface area contributed by atoms with Crippen molar-refractivity contribution in [3.05, 3.63) is 65.2 Å². The fourth-order valence-corrected chi connectivity index (χ4v) is 3.21. The van der Waals surface area contributed by atoms with Crippen molar-refractivity contribution in [1.82, 2.24) is 0 Å². The van der Waals surface area contributed by atoms with Crippen LogP contribution in [0.2, 0.25) is 5.02 Å². The van der Waals surface area contributed by atoms with Crippen molar-refractivity contribution in [2.24, 2.45) is 0 Å². The predicted octanol–water partition coefficient (Wildman–Crippen LogP) is 1.78. The number of hydrogen-bond acceptors (Lipinski definition) is 2. The molecule has 2 aromatic rings. The van der Waals surface area contributed by atoms with E-state index in [2.05, 4.69) is 11.0 Å². The zero-order chi connectivity index (χ0) is 15.4.